The molecule has 0 bridgehead atoms. The lowest BCUT2D eigenvalue weighted by Crippen LogP contribution is -2.62. The molecular formula is C27H35FN4O15. The summed E-state index contributed by atoms with van der Waals surface area (Å²) >= 11 is 0. The van der Waals surface area contributed by atoms with Crippen molar-refractivity contribution in [1.29, 1.82) is 0 Å². The number of hydrogen-bond donors (Lipinski definition) is 8. The van der Waals surface area contributed by atoms with Crippen molar-refractivity contribution < 1.29 is 77.8 Å². The van der Waals surface area contributed by atoms with Crippen LogP contribution in [0, 0.1) is 0 Å². The fourth-order valence-corrected chi connectivity index (χ4v) is 3.50. The van der Waals surface area contributed by atoms with E-state index in [1.807, 2.05) is 10.6 Å². The number of carboxylic acid groups (broad SMARTS) is 4. The number of aliphatic hydroxyl groups is 1. The number of ether oxygens (including phenoxy) is 1. The molecule has 0 aliphatic rings. The highest BCUT2D eigenvalue weighted by Crippen LogP contribution is 2.15. The molecule has 5 atom stereocenters. The molecule has 5 unspecified atom stereocenters. The summed E-state index contributed by atoms with van der Waals surface area (Å²) < 4.78 is 15.4. The fourth-order valence-electron chi connectivity index (χ4n) is 3.50. The van der Waals surface area contributed by atoms with Gasteiger partial charge in [0.05, 0.1) is 25.0 Å². The van der Waals surface area contributed by atoms with Crippen LogP contribution < -0.4 is 16.4 Å². The van der Waals surface area contributed by atoms with Crippen molar-refractivity contribution in [3.63, 3.8) is 0 Å². The van der Waals surface area contributed by atoms with Gasteiger partial charge in [0.1, 0.15) is 25.4 Å². The van der Waals surface area contributed by atoms with E-state index >= 15 is 0 Å². The van der Waals surface area contributed by atoms with Gasteiger partial charge in [-0.3, -0.25) is 28.8 Å². The van der Waals surface area contributed by atoms with E-state index in [4.69, 9.17) is 25.5 Å². The van der Waals surface area contributed by atoms with E-state index in [0.717, 1.165) is 6.92 Å². The number of aliphatic carboxylic acids is 4. The third-order valence-electron chi connectivity index (χ3n) is 5.72. The minimum Gasteiger partial charge on any atom is -0.481 e. The van der Waals surface area contributed by atoms with Crippen LogP contribution in [0.15, 0.2) is 30.3 Å². The second kappa shape index (κ2) is 21.3. The van der Waals surface area contributed by atoms with Crippen LogP contribution in [0.1, 0.15) is 38.2 Å². The van der Waals surface area contributed by atoms with Crippen LogP contribution >= 0.6 is 0 Å². The first-order valence-electron chi connectivity index (χ1n) is 13.4. The normalized spacial score (nSPS) is 13.4. The highest BCUT2D eigenvalue weighted by molar-refractivity contribution is 6.02. The van der Waals surface area contributed by atoms with Gasteiger partial charge in [0, 0.05) is 6.42 Å². The number of halogens is 1. The zero-order valence-corrected chi connectivity index (χ0v) is 24.8. The van der Waals surface area contributed by atoms with Crippen molar-refractivity contribution in [3.8, 4) is 0 Å². The van der Waals surface area contributed by atoms with Gasteiger partial charge in [-0.15, -0.1) is 0 Å². The predicted octanol–water partition coefficient (Wildman–Crippen LogP) is -1.75. The van der Waals surface area contributed by atoms with Gasteiger partial charge in [-0.1, -0.05) is 30.3 Å². The number of amides is 4. The van der Waals surface area contributed by atoms with E-state index in [2.05, 4.69) is 0 Å². The third-order valence-corrected chi connectivity index (χ3v) is 5.72. The number of carbonyl (C=O) groups is 9. The maximum absolute atomic E-state index is 13.5. The Balaban J connectivity index is 0.00000498. The zero-order valence-electron chi connectivity index (χ0n) is 24.8. The molecular weight excluding hydrogens is 639 g/mol. The first-order valence-corrected chi connectivity index (χ1v) is 13.4. The lowest BCUT2D eigenvalue weighted by Gasteiger charge is -2.31. The standard InChI is InChI=1S/C25H32N4O14.C2H3FO/c1-12(30)20(28-22(38)15(7-8-17(31)32)27-21(37)14(26)9-18(33)34)23(39)29(16(24(40)41)10-19(35)36)25(42)43-11-13-5-3-2-4-6-13;3-1-2-4/h2-6,12,14-16,20,30H,7-11,26H2,1H3,(H,27,37)(H,28,38)(H,31,32)(H,33,34)(H,35,36)(H,40,41);2H,1H2. The Hall–Kier alpha value is -5.50. The molecule has 0 aromatic heterocycles. The minimum absolute atomic E-state index is 0.0926. The van der Waals surface area contributed by atoms with Crippen LogP contribution in [0.3, 0.4) is 0 Å². The number of rotatable bonds is 18. The van der Waals surface area contributed by atoms with E-state index < -0.39 is 117 Å². The Morgan fingerprint density at radius 1 is 0.915 bits per heavy atom. The molecule has 20 heteroatoms. The summed E-state index contributed by atoms with van der Waals surface area (Å²) in [7, 11) is 0. The van der Waals surface area contributed by atoms with Crippen molar-refractivity contribution in [1.82, 2.24) is 15.5 Å². The predicted molar refractivity (Wildman–Crippen MR) is 152 cm³/mol. The average molecular weight is 675 g/mol. The largest absolute Gasteiger partial charge is 0.481 e. The van der Waals surface area contributed by atoms with Gasteiger partial charge in [0.25, 0.3) is 5.91 Å². The van der Waals surface area contributed by atoms with Crippen molar-refractivity contribution in [2.24, 2.45) is 5.73 Å². The molecule has 9 N–H and O–H groups in total. The summed E-state index contributed by atoms with van der Waals surface area (Å²) in [5.41, 5.74) is 5.88. The van der Waals surface area contributed by atoms with Gasteiger partial charge in [-0.05, 0) is 18.9 Å². The summed E-state index contributed by atoms with van der Waals surface area (Å²) in [4.78, 5) is 106. The number of carbonyl (C=O) groups excluding carboxylic acids is 5. The molecule has 1 aromatic rings. The molecule has 1 rings (SSSR count). The Morgan fingerprint density at radius 3 is 1.91 bits per heavy atom. The second-order valence-electron chi connectivity index (χ2n) is 9.45. The van der Waals surface area contributed by atoms with Gasteiger partial charge >= 0.3 is 30.0 Å². The smallest absolute Gasteiger partial charge is 0.417 e. The highest BCUT2D eigenvalue weighted by atomic mass is 19.1. The molecule has 19 nitrogen and oxygen atoms in total. The molecule has 1 aromatic carbocycles. The minimum atomic E-state index is -2.36. The molecule has 0 fully saturated rings. The molecule has 0 saturated carbocycles. The molecule has 0 radical (unpaired) electrons. The molecule has 260 valence electrons. The van der Waals surface area contributed by atoms with Crippen LogP contribution in [-0.4, -0.2) is 121 Å². The summed E-state index contributed by atoms with van der Waals surface area (Å²) in [6, 6.07) is -0.0495. The topological polar surface area (TPSA) is 317 Å². The highest BCUT2D eigenvalue weighted by Gasteiger charge is 2.43. The number of nitrogens with zero attached hydrogens (tertiary/aromatic N) is 1. The molecule has 47 heavy (non-hydrogen) atoms. The number of alkyl halides is 1. The van der Waals surface area contributed by atoms with Crippen molar-refractivity contribution in [2.45, 2.75) is 69.5 Å². The van der Waals surface area contributed by atoms with E-state index in [0.29, 0.717) is 5.56 Å². The number of aldehydes is 1. The summed E-state index contributed by atoms with van der Waals surface area (Å²) in [6.07, 6.45) is -6.75. The summed E-state index contributed by atoms with van der Waals surface area (Å²) in [5, 5.41) is 51.0. The molecule has 4 amide bonds. The van der Waals surface area contributed by atoms with Gasteiger partial charge in [-0.25, -0.2) is 18.9 Å². The van der Waals surface area contributed by atoms with Crippen molar-refractivity contribution >= 4 is 54.0 Å². The second-order valence-corrected chi connectivity index (χ2v) is 9.45. The van der Waals surface area contributed by atoms with Gasteiger partial charge < -0.3 is 51.4 Å². The Bertz CT molecular complexity index is 1280. The molecule has 0 saturated heterocycles. The first-order chi connectivity index (χ1) is 22.0. The van der Waals surface area contributed by atoms with E-state index in [1.54, 1.807) is 18.2 Å². The van der Waals surface area contributed by atoms with Gasteiger partial charge in [0.2, 0.25) is 11.8 Å². The van der Waals surface area contributed by atoms with Crippen LogP contribution in [0.4, 0.5) is 9.18 Å². The maximum atomic E-state index is 13.5. The van der Waals surface area contributed by atoms with E-state index in [-0.39, 0.29) is 11.2 Å². The number of aliphatic hydroxyl groups excluding tert-OH is 1. The number of nitrogens with one attached hydrogen (secondary N) is 2. The number of imide groups is 1. The van der Waals surface area contributed by atoms with E-state index in [1.165, 1.54) is 12.1 Å². The third kappa shape index (κ3) is 15.9. The molecule has 0 heterocycles. The molecule has 0 spiro atoms. The SMILES string of the molecule is CC(O)C(NC(=O)C(CCC(=O)O)NC(=O)C(N)CC(=O)O)C(=O)N(C(=O)OCc1ccccc1)C(CC(=O)O)C(=O)O.O=CCF. The lowest BCUT2D eigenvalue weighted by molar-refractivity contribution is -0.155. The lowest BCUT2D eigenvalue weighted by atomic mass is 10.1. The maximum Gasteiger partial charge on any atom is 0.417 e. The number of benzene rings is 1. The van der Waals surface area contributed by atoms with Crippen molar-refractivity contribution in [2.75, 3.05) is 6.67 Å². The van der Waals surface area contributed by atoms with Crippen molar-refractivity contribution in [3.05, 3.63) is 35.9 Å². The monoisotopic (exact) mass is 674 g/mol. The quantitative estimate of drug-likeness (QED) is 0.0800. The number of carboxylic acids is 4. The molecule has 0 aliphatic carbocycles. The van der Waals surface area contributed by atoms with Crippen LogP contribution in [0.5, 0.6) is 0 Å². The van der Waals surface area contributed by atoms with Crippen LogP contribution in [0.2, 0.25) is 0 Å². The van der Waals surface area contributed by atoms with E-state index in [9.17, 15) is 58.1 Å². The average Bonchev–Trinajstić information content (AvgIpc) is 2.99. The number of hydrogen-bond acceptors (Lipinski definition) is 12. The Morgan fingerprint density at radius 2 is 1.47 bits per heavy atom. The summed E-state index contributed by atoms with van der Waals surface area (Å²) in [6.45, 7) is -0.384. The number of nitrogens with two attached hydrogens (primary N) is 1. The van der Waals surface area contributed by atoms with Crippen LogP contribution in [0.25, 0.3) is 0 Å². The zero-order chi connectivity index (χ0) is 36.3. The first kappa shape index (κ1) is 41.5. The molecule has 0 aliphatic heterocycles. The van der Waals surface area contributed by atoms with Crippen LogP contribution in [-0.2, 0) is 49.7 Å². The van der Waals surface area contributed by atoms with Gasteiger partial charge in [0.15, 0.2) is 12.3 Å². The summed E-state index contributed by atoms with van der Waals surface area (Å²) in [5.74, 6) is -10.6. The fraction of sp³-hybridized carbons (Fsp3) is 0.444. The Labute approximate surface area is 265 Å². The Kier molecular flexibility index (Phi) is 18.8. The van der Waals surface area contributed by atoms with Gasteiger partial charge in [-0.2, -0.15) is 0 Å².